The van der Waals surface area contributed by atoms with Crippen molar-refractivity contribution in [2.45, 2.75) is 32.1 Å². The van der Waals surface area contributed by atoms with Gasteiger partial charge in [-0.1, -0.05) is 18.1 Å². The number of aromatic nitrogens is 3. The maximum Gasteiger partial charge on any atom is 0.307 e. The molecule has 21 heavy (non-hydrogen) atoms. The number of rotatable bonds is 4. The van der Waals surface area contributed by atoms with Crippen LogP contribution in [0.5, 0.6) is 0 Å². The Labute approximate surface area is 122 Å². The fraction of sp³-hybridized carbons (Fsp3) is 0.467. The lowest BCUT2D eigenvalue weighted by molar-refractivity contribution is -0.142. The Hall–Kier alpha value is -2.24. The van der Waals surface area contributed by atoms with E-state index < -0.39 is 11.9 Å². The van der Waals surface area contributed by atoms with Crippen LogP contribution in [-0.4, -0.2) is 26.2 Å². The van der Waals surface area contributed by atoms with E-state index in [1.54, 1.807) is 6.20 Å². The third-order valence-electron chi connectivity index (χ3n) is 3.98. The van der Waals surface area contributed by atoms with E-state index >= 15 is 0 Å². The predicted octanol–water partition coefficient (Wildman–Crippen LogP) is 2.27. The number of carboxylic acids is 1. The third-order valence-corrected chi connectivity index (χ3v) is 3.98. The molecular formula is C15H17N3O3. The molecule has 3 rings (SSSR count). The van der Waals surface area contributed by atoms with Gasteiger partial charge >= 0.3 is 5.97 Å². The number of carbonyl (C=O) groups is 1. The molecule has 6 heteroatoms. The number of hydrogen-bond acceptors (Lipinski definition) is 5. The zero-order chi connectivity index (χ0) is 14.8. The zero-order valence-corrected chi connectivity index (χ0v) is 11.8. The third kappa shape index (κ3) is 2.94. The highest BCUT2D eigenvalue weighted by Gasteiger charge is 2.41. The first-order chi connectivity index (χ1) is 10.1. The SMILES string of the molecule is CC1CC(C(=O)O)C(c2nc(Cc3ccccn3)no2)C1. The lowest BCUT2D eigenvalue weighted by Crippen LogP contribution is -2.17. The van der Waals surface area contributed by atoms with Crippen molar-refractivity contribution in [2.24, 2.45) is 11.8 Å². The van der Waals surface area contributed by atoms with Crippen LogP contribution >= 0.6 is 0 Å². The van der Waals surface area contributed by atoms with Crippen LogP contribution in [0.1, 0.15) is 43.1 Å². The Morgan fingerprint density at radius 2 is 2.29 bits per heavy atom. The summed E-state index contributed by atoms with van der Waals surface area (Å²) >= 11 is 0. The number of carboxylic acid groups (broad SMARTS) is 1. The van der Waals surface area contributed by atoms with Gasteiger partial charge in [-0.2, -0.15) is 4.98 Å². The van der Waals surface area contributed by atoms with Gasteiger partial charge in [0.15, 0.2) is 5.82 Å². The van der Waals surface area contributed by atoms with Gasteiger partial charge in [-0.15, -0.1) is 0 Å². The second-order valence-corrected chi connectivity index (χ2v) is 5.67. The Bertz CT molecular complexity index is 626. The van der Waals surface area contributed by atoms with Crippen LogP contribution < -0.4 is 0 Å². The van der Waals surface area contributed by atoms with Crippen LogP contribution in [0, 0.1) is 11.8 Å². The van der Waals surface area contributed by atoms with Crippen LogP contribution in [0.15, 0.2) is 28.9 Å². The molecular weight excluding hydrogens is 270 g/mol. The molecule has 1 saturated carbocycles. The van der Waals surface area contributed by atoms with E-state index in [9.17, 15) is 9.90 Å². The minimum Gasteiger partial charge on any atom is -0.481 e. The highest BCUT2D eigenvalue weighted by atomic mass is 16.5. The highest BCUT2D eigenvalue weighted by Crippen LogP contribution is 2.42. The number of hydrogen-bond donors (Lipinski definition) is 1. The molecule has 1 aliphatic rings. The fourth-order valence-electron chi connectivity index (χ4n) is 2.99. The average molecular weight is 287 g/mol. The molecule has 3 atom stereocenters. The van der Waals surface area contributed by atoms with E-state index in [0.717, 1.165) is 12.1 Å². The van der Waals surface area contributed by atoms with E-state index in [2.05, 4.69) is 22.0 Å². The molecule has 2 aromatic heterocycles. The quantitative estimate of drug-likeness (QED) is 0.927. The molecule has 1 aliphatic carbocycles. The maximum atomic E-state index is 11.3. The van der Waals surface area contributed by atoms with Crippen LogP contribution in [0.2, 0.25) is 0 Å². The van der Waals surface area contributed by atoms with Gasteiger partial charge in [0.25, 0.3) is 0 Å². The Balaban J connectivity index is 1.77. The molecule has 110 valence electrons. The van der Waals surface area contributed by atoms with Crippen LogP contribution in [0.25, 0.3) is 0 Å². The normalized spacial score (nSPS) is 25.1. The van der Waals surface area contributed by atoms with E-state index in [4.69, 9.17) is 4.52 Å². The van der Waals surface area contributed by atoms with Crippen molar-refractivity contribution in [3.8, 4) is 0 Å². The predicted molar refractivity (Wildman–Crippen MR) is 73.6 cm³/mol. The Morgan fingerprint density at radius 1 is 1.43 bits per heavy atom. The van der Waals surface area contributed by atoms with Gasteiger partial charge in [-0.05, 0) is 30.9 Å². The molecule has 0 aromatic carbocycles. The van der Waals surface area contributed by atoms with Crippen molar-refractivity contribution in [1.29, 1.82) is 0 Å². The maximum absolute atomic E-state index is 11.3. The largest absolute Gasteiger partial charge is 0.481 e. The summed E-state index contributed by atoms with van der Waals surface area (Å²) in [5.74, 6) is -0.0354. The second kappa shape index (κ2) is 5.63. The lowest BCUT2D eigenvalue weighted by atomic mass is 9.96. The van der Waals surface area contributed by atoms with E-state index in [-0.39, 0.29) is 5.92 Å². The molecule has 0 spiro atoms. The van der Waals surface area contributed by atoms with Gasteiger partial charge in [-0.25, -0.2) is 0 Å². The van der Waals surface area contributed by atoms with Gasteiger partial charge in [0.1, 0.15) is 0 Å². The Morgan fingerprint density at radius 3 is 3.00 bits per heavy atom. The van der Waals surface area contributed by atoms with Crippen molar-refractivity contribution < 1.29 is 14.4 Å². The molecule has 0 aliphatic heterocycles. The van der Waals surface area contributed by atoms with Gasteiger partial charge in [-0.3, -0.25) is 9.78 Å². The van der Waals surface area contributed by atoms with Crippen LogP contribution in [0.3, 0.4) is 0 Å². The van der Waals surface area contributed by atoms with Gasteiger partial charge in [0.05, 0.1) is 18.3 Å². The minimum atomic E-state index is -0.783. The van der Waals surface area contributed by atoms with Crippen LogP contribution in [0.4, 0.5) is 0 Å². The van der Waals surface area contributed by atoms with Crippen LogP contribution in [-0.2, 0) is 11.2 Å². The van der Waals surface area contributed by atoms with Crippen molar-refractivity contribution in [3.63, 3.8) is 0 Å². The molecule has 0 radical (unpaired) electrons. The molecule has 3 unspecified atom stereocenters. The monoisotopic (exact) mass is 287 g/mol. The summed E-state index contributed by atoms with van der Waals surface area (Å²) in [6.07, 6.45) is 3.65. The highest BCUT2D eigenvalue weighted by molar-refractivity contribution is 5.71. The van der Waals surface area contributed by atoms with Crippen molar-refractivity contribution in [3.05, 3.63) is 41.8 Å². The summed E-state index contributed by atoms with van der Waals surface area (Å²) in [7, 11) is 0. The van der Waals surface area contributed by atoms with Gasteiger partial charge < -0.3 is 9.63 Å². The molecule has 0 bridgehead atoms. The first kappa shape index (κ1) is 13.7. The summed E-state index contributed by atoms with van der Waals surface area (Å²) in [6, 6.07) is 5.65. The fourth-order valence-corrected chi connectivity index (χ4v) is 2.99. The van der Waals surface area contributed by atoms with Gasteiger partial charge in [0, 0.05) is 11.9 Å². The first-order valence-electron chi connectivity index (χ1n) is 7.08. The average Bonchev–Trinajstić information content (AvgIpc) is 3.06. The first-order valence-corrected chi connectivity index (χ1v) is 7.08. The summed E-state index contributed by atoms with van der Waals surface area (Å²) in [5.41, 5.74) is 0.861. The summed E-state index contributed by atoms with van der Waals surface area (Å²) in [5, 5.41) is 13.3. The molecule has 0 saturated heterocycles. The zero-order valence-electron chi connectivity index (χ0n) is 11.8. The van der Waals surface area contributed by atoms with Crippen molar-refractivity contribution in [2.75, 3.05) is 0 Å². The smallest absolute Gasteiger partial charge is 0.307 e. The lowest BCUT2D eigenvalue weighted by Gasteiger charge is -2.09. The van der Waals surface area contributed by atoms with E-state index in [1.165, 1.54) is 0 Å². The molecule has 1 N–H and O–H groups in total. The van der Waals surface area contributed by atoms with Crippen molar-refractivity contribution >= 4 is 5.97 Å². The topological polar surface area (TPSA) is 89.1 Å². The molecule has 6 nitrogen and oxygen atoms in total. The number of pyridine rings is 1. The molecule has 0 amide bonds. The van der Waals surface area contributed by atoms with Gasteiger partial charge in [0.2, 0.25) is 5.89 Å². The molecule has 2 aromatic rings. The Kier molecular flexibility index (Phi) is 3.68. The standard InChI is InChI=1S/C15H17N3O3/c1-9-6-11(12(7-9)15(19)20)14-17-13(18-21-14)8-10-4-2-3-5-16-10/h2-5,9,11-12H,6-8H2,1H3,(H,19,20). The number of nitrogens with zero attached hydrogens (tertiary/aromatic N) is 3. The summed E-state index contributed by atoms with van der Waals surface area (Å²) < 4.78 is 5.30. The number of aliphatic carboxylic acids is 1. The van der Waals surface area contributed by atoms with E-state index in [0.29, 0.717) is 30.5 Å². The summed E-state index contributed by atoms with van der Waals surface area (Å²) in [6.45, 7) is 2.06. The molecule has 2 heterocycles. The van der Waals surface area contributed by atoms with Crippen molar-refractivity contribution in [1.82, 2.24) is 15.1 Å². The molecule has 1 fully saturated rings. The summed E-state index contributed by atoms with van der Waals surface area (Å²) in [4.78, 5) is 19.9. The second-order valence-electron chi connectivity index (χ2n) is 5.67. The van der Waals surface area contributed by atoms with E-state index in [1.807, 2.05) is 18.2 Å². The minimum absolute atomic E-state index is 0.178.